The Morgan fingerprint density at radius 3 is 2.77 bits per heavy atom. The minimum Gasteiger partial charge on any atom is -0.490 e. The monoisotopic (exact) mass is 421 g/mol. The molecule has 0 bridgehead atoms. The number of hydrogen-bond donors (Lipinski definition) is 1. The average Bonchev–Trinajstić information content (AvgIpc) is 2.62. The van der Waals surface area contributed by atoms with Gasteiger partial charge in [-0.05, 0) is 37.5 Å². The zero-order chi connectivity index (χ0) is 18.5. The van der Waals surface area contributed by atoms with Crippen molar-refractivity contribution in [2.45, 2.75) is 57.9 Å². The smallest absolute Gasteiger partial charge is 0.349 e. The van der Waals surface area contributed by atoms with Gasteiger partial charge in [0.25, 0.3) is 5.91 Å². The van der Waals surface area contributed by atoms with Crippen LogP contribution < -0.4 is 15.7 Å². The second-order valence-electron chi connectivity index (χ2n) is 6.78. The molecule has 26 heavy (non-hydrogen) atoms. The van der Waals surface area contributed by atoms with Crippen molar-refractivity contribution in [1.29, 1.82) is 0 Å². The normalized spacial score (nSPS) is 15.2. The molecule has 1 aromatic heterocycles. The fourth-order valence-corrected chi connectivity index (χ4v) is 3.72. The lowest BCUT2D eigenvalue weighted by molar-refractivity contribution is 0.0924. The number of fused-ring (bicyclic) bond motifs is 1. The highest BCUT2D eigenvalue weighted by molar-refractivity contribution is 9.10. The molecule has 0 radical (unpaired) electrons. The van der Waals surface area contributed by atoms with Gasteiger partial charge in [0.1, 0.15) is 5.56 Å². The summed E-state index contributed by atoms with van der Waals surface area (Å²) in [7, 11) is 0. The number of halogens is 1. The van der Waals surface area contributed by atoms with E-state index in [0.29, 0.717) is 23.3 Å². The van der Waals surface area contributed by atoms with Crippen LogP contribution in [0.5, 0.6) is 5.75 Å². The molecule has 1 aliphatic carbocycles. The minimum absolute atomic E-state index is 0.0423. The summed E-state index contributed by atoms with van der Waals surface area (Å²) in [6.07, 6.45) is 7.30. The lowest BCUT2D eigenvalue weighted by atomic mass is 9.95. The van der Waals surface area contributed by atoms with Crippen molar-refractivity contribution in [3.8, 4) is 5.75 Å². The van der Waals surface area contributed by atoms with Crippen LogP contribution in [0.4, 0.5) is 0 Å². The Morgan fingerprint density at radius 2 is 2.04 bits per heavy atom. The molecule has 1 saturated carbocycles. The lowest BCUT2D eigenvalue weighted by Crippen LogP contribution is -2.38. The van der Waals surface area contributed by atoms with E-state index in [-0.39, 0.29) is 17.5 Å². The first kappa shape index (κ1) is 19.0. The Bertz CT molecular complexity index is 840. The third kappa shape index (κ3) is 4.47. The van der Waals surface area contributed by atoms with Crippen LogP contribution in [0.25, 0.3) is 11.0 Å². The summed E-state index contributed by atoms with van der Waals surface area (Å²) in [6, 6.07) is 5.34. The predicted molar refractivity (Wildman–Crippen MR) is 105 cm³/mol. The Morgan fingerprint density at radius 1 is 1.27 bits per heavy atom. The van der Waals surface area contributed by atoms with E-state index in [9.17, 15) is 9.59 Å². The largest absolute Gasteiger partial charge is 0.490 e. The van der Waals surface area contributed by atoms with E-state index >= 15 is 0 Å². The molecular formula is C20H24BrNO4. The zero-order valence-corrected chi connectivity index (χ0v) is 16.6. The van der Waals surface area contributed by atoms with E-state index in [1.807, 2.05) is 6.07 Å². The van der Waals surface area contributed by atoms with Gasteiger partial charge in [-0.25, -0.2) is 4.79 Å². The molecule has 1 N–H and O–H groups in total. The molecule has 0 aliphatic heterocycles. The van der Waals surface area contributed by atoms with Gasteiger partial charge >= 0.3 is 5.63 Å². The summed E-state index contributed by atoms with van der Waals surface area (Å²) in [5.41, 5.74) is -0.210. The van der Waals surface area contributed by atoms with Crippen LogP contribution >= 0.6 is 15.9 Å². The van der Waals surface area contributed by atoms with Gasteiger partial charge in [0.15, 0.2) is 11.3 Å². The van der Waals surface area contributed by atoms with Crippen molar-refractivity contribution >= 4 is 32.8 Å². The summed E-state index contributed by atoms with van der Waals surface area (Å²) < 4.78 is 12.0. The maximum Gasteiger partial charge on any atom is 0.349 e. The number of hydrogen-bond acceptors (Lipinski definition) is 4. The molecule has 1 heterocycles. The fraction of sp³-hybridized carbons (Fsp3) is 0.500. The summed E-state index contributed by atoms with van der Waals surface area (Å²) in [6.45, 7) is 2.63. The first-order valence-electron chi connectivity index (χ1n) is 9.29. The second-order valence-corrected chi connectivity index (χ2v) is 7.70. The van der Waals surface area contributed by atoms with Crippen molar-refractivity contribution in [1.82, 2.24) is 5.32 Å². The average molecular weight is 422 g/mol. The number of ether oxygens (including phenoxy) is 1. The molecule has 1 amide bonds. The fourth-order valence-electron chi connectivity index (χ4n) is 3.27. The topological polar surface area (TPSA) is 68.5 Å². The van der Waals surface area contributed by atoms with Gasteiger partial charge in [0, 0.05) is 15.9 Å². The molecule has 0 spiro atoms. The summed E-state index contributed by atoms with van der Waals surface area (Å²) in [4.78, 5) is 24.9. The Kier molecular flexibility index (Phi) is 6.35. The number of nitrogens with one attached hydrogen (secondary N) is 1. The van der Waals surface area contributed by atoms with E-state index in [4.69, 9.17) is 9.15 Å². The molecule has 0 atom stereocenters. The number of carbonyl (C=O) groups is 1. The number of benzene rings is 1. The highest BCUT2D eigenvalue weighted by atomic mass is 79.9. The van der Waals surface area contributed by atoms with Gasteiger partial charge in [-0.3, -0.25) is 4.79 Å². The van der Waals surface area contributed by atoms with Crippen LogP contribution in [0, 0.1) is 0 Å². The van der Waals surface area contributed by atoms with Crippen LogP contribution in [0.1, 0.15) is 62.2 Å². The number of carbonyl (C=O) groups excluding carboxylic acids is 1. The first-order valence-corrected chi connectivity index (χ1v) is 10.1. The third-order valence-electron chi connectivity index (χ3n) is 4.70. The highest BCUT2D eigenvalue weighted by Gasteiger charge is 2.20. The highest BCUT2D eigenvalue weighted by Crippen LogP contribution is 2.30. The summed E-state index contributed by atoms with van der Waals surface area (Å²) in [5.74, 6) is 0.153. The van der Waals surface area contributed by atoms with Gasteiger partial charge in [0.05, 0.1) is 6.61 Å². The van der Waals surface area contributed by atoms with E-state index in [1.165, 1.54) is 6.42 Å². The molecule has 1 fully saturated rings. The summed E-state index contributed by atoms with van der Waals surface area (Å²) in [5, 5.41) is 3.64. The van der Waals surface area contributed by atoms with Gasteiger partial charge < -0.3 is 14.5 Å². The molecule has 0 saturated heterocycles. The second kappa shape index (κ2) is 8.71. The van der Waals surface area contributed by atoms with E-state index in [0.717, 1.165) is 43.0 Å². The number of rotatable bonds is 6. The lowest BCUT2D eigenvalue weighted by Gasteiger charge is -2.22. The predicted octanol–water partition coefficient (Wildman–Crippen LogP) is 4.80. The quantitative estimate of drug-likeness (QED) is 0.537. The standard InChI is InChI=1S/C20H24BrNO4/c1-2-3-9-25-17-12-14(21)10-13-11-16(20(24)26-18(13)17)19(23)22-15-7-5-4-6-8-15/h10-12,15H,2-9H2,1H3,(H,22,23). The minimum atomic E-state index is -0.631. The van der Waals surface area contributed by atoms with Gasteiger partial charge in [0.2, 0.25) is 0 Å². The van der Waals surface area contributed by atoms with Gasteiger partial charge in [-0.2, -0.15) is 0 Å². The third-order valence-corrected chi connectivity index (χ3v) is 5.16. The molecule has 2 aromatic rings. The van der Waals surface area contributed by atoms with Gasteiger partial charge in [-0.1, -0.05) is 48.5 Å². The van der Waals surface area contributed by atoms with Crippen molar-refractivity contribution in [2.75, 3.05) is 6.61 Å². The SMILES string of the molecule is CCCCOc1cc(Br)cc2cc(C(=O)NC3CCCCC3)c(=O)oc12. The van der Waals surface area contributed by atoms with E-state index in [2.05, 4.69) is 28.2 Å². The zero-order valence-electron chi connectivity index (χ0n) is 15.0. The molecule has 140 valence electrons. The molecule has 5 nitrogen and oxygen atoms in total. The van der Waals surface area contributed by atoms with Gasteiger partial charge in [-0.15, -0.1) is 0 Å². The van der Waals surface area contributed by atoms with E-state index < -0.39 is 5.63 Å². The maximum atomic E-state index is 12.5. The van der Waals surface area contributed by atoms with E-state index in [1.54, 1.807) is 12.1 Å². The first-order chi connectivity index (χ1) is 12.6. The van der Waals surface area contributed by atoms with Crippen molar-refractivity contribution in [2.24, 2.45) is 0 Å². The molecular weight excluding hydrogens is 398 g/mol. The molecule has 6 heteroatoms. The Hall–Kier alpha value is -1.82. The van der Waals surface area contributed by atoms with Crippen molar-refractivity contribution < 1.29 is 13.9 Å². The van der Waals surface area contributed by atoms with Crippen LogP contribution in [0.2, 0.25) is 0 Å². The maximum absolute atomic E-state index is 12.5. The molecule has 1 aromatic carbocycles. The number of amides is 1. The Balaban J connectivity index is 1.89. The van der Waals surface area contributed by atoms with Crippen LogP contribution in [-0.4, -0.2) is 18.6 Å². The van der Waals surface area contributed by atoms with Crippen LogP contribution in [-0.2, 0) is 0 Å². The number of unbranched alkanes of at least 4 members (excludes halogenated alkanes) is 1. The molecule has 0 unspecified atom stereocenters. The summed E-state index contributed by atoms with van der Waals surface area (Å²) >= 11 is 3.45. The molecule has 3 rings (SSSR count). The van der Waals surface area contributed by atoms with Crippen LogP contribution in [0.15, 0.2) is 31.9 Å². The van der Waals surface area contributed by atoms with Crippen LogP contribution in [0.3, 0.4) is 0 Å². The van der Waals surface area contributed by atoms with Crippen molar-refractivity contribution in [3.63, 3.8) is 0 Å². The molecule has 1 aliphatic rings. The van der Waals surface area contributed by atoms with Crippen molar-refractivity contribution in [3.05, 3.63) is 38.7 Å². The Labute approximate surface area is 161 Å².